The summed E-state index contributed by atoms with van der Waals surface area (Å²) < 4.78 is 4.83. The fourth-order valence-electron chi connectivity index (χ4n) is 2.22. The number of hydrogen-bond donors (Lipinski definition) is 1. The van der Waals surface area contributed by atoms with Gasteiger partial charge >= 0.3 is 5.97 Å². The maximum Gasteiger partial charge on any atom is 0.338 e. The highest BCUT2D eigenvalue weighted by Gasteiger charge is 2.35. The van der Waals surface area contributed by atoms with E-state index in [1.54, 1.807) is 0 Å². The normalized spacial score (nSPS) is 13.0. The number of carbonyl (C=O) groups is 4. The summed E-state index contributed by atoms with van der Waals surface area (Å²) in [6.45, 7) is 1.93. The smallest absolute Gasteiger partial charge is 0.338 e. The Morgan fingerprint density at radius 1 is 1.17 bits per heavy atom. The number of likely N-dealkylation sites (N-methyl/N-ethyl adjacent to an activating group) is 1. The molecule has 7 heteroatoms. The molecular weight excluding hydrogens is 300 g/mol. The lowest BCUT2D eigenvalue weighted by atomic mass is 10.1. The van der Waals surface area contributed by atoms with E-state index in [4.69, 9.17) is 4.74 Å². The molecule has 122 valence electrons. The van der Waals surface area contributed by atoms with Gasteiger partial charge in [-0.1, -0.05) is 13.3 Å². The topological polar surface area (TPSA) is 92.8 Å². The van der Waals surface area contributed by atoms with Crippen LogP contribution < -0.4 is 5.32 Å². The van der Waals surface area contributed by atoms with Gasteiger partial charge < -0.3 is 10.1 Å². The minimum Gasteiger partial charge on any atom is -0.452 e. The predicted molar refractivity (Wildman–Crippen MR) is 81.1 cm³/mol. The van der Waals surface area contributed by atoms with Crippen molar-refractivity contribution in [2.75, 3.05) is 20.2 Å². The minimum atomic E-state index is -0.719. The summed E-state index contributed by atoms with van der Waals surface area (Å²) in [5, 5.41) is 2.33. The molecule has 1 aromatic rings. The molecule has 0 unspecified atom stereocenters. The second-order valence-corrected chi connectivity index (χ2v) is 5.13. The molecule has 1 N–H and O–H groups in total. The number of nitrogens with one attached hydrogen (secondary N) is 1. The zero-order valence-corrected chi connectivity index (χ0v) is 13.0. The SMILES string of the molecule is CCCCN1C(=O)c2ccc(C(=O)OCC(=O)NC)cc2C1=O. The number of nitrogens with zero attached hydrogens (tertiary/aromatic N) is 1. The first-order valence-corrected chi connectivity index (χ1v) is 7.37. The van der Waals surface area contributed by atoms with Gasteiger partial charge in [0.2, 0.25) is 0 Å². The van der Waals surface area contributed by atoms with Gasteiger partial charge in [-0.25, -0.2) is 4.79 Å². The van der Waals surface area contributed by atoms with E-state index >= 15 is 0 Å². The highest BCUT2D eigenvalue weighted by Crippen LogP contribution is 2.24. The summed E-state index contributed by atoms with van der Waals surface area (Å²) in [4.78, 5) is 48.6. The Labute approximate surface area is 133 Å². The van der Waals surface area contributed by atoms with Crippen LogP contribution in [0, 0.1) is 0 Å². The van der Waals surface area contributed by atoms with Gasteiger partial charge in [0, 0.05) is 13.6 Å². The first-order chi connectivity index (χ1) is 11.0. The summed E-state index contributed by atoms with van der Waals surface area (Å²) in [5.74, 6) is -1.90. The van der Waals surface area contributed by atoms with Crippen LogP contribution in [0.3, 0.4) is 0 Å². The molecule has 0 saturated heterocycles. The Balaban J connectivity index is 2.16. The Kier molecular flexibility index (Phi) is 5.10. The molecule has 0 aromatic heterocycles. The molecule has 0 fully saturated rings. The van der Waals surface area contributed by atoms with Crippen LogP contribution in [0.2, 0.25) is 0 Å². The molecule has 1 heterocycles. The Hall–Kier alpha value is -2.70. The zero-order valence-electron chi connectivity index (χ0n) is 13.0. The number of benzene rings is 1. The monoisotopic (exact) mass is 318 g/mol. The van der Waals surface area contributed by atoms with Crippen LogP contribution in [0.5, 0.6) is 0 Å². The van der Waals surface area contributed by atoms with Crippen LogP contribution in [-0.2, 0) is 9.53 Å². The summed E-state index contributed by atoms with van der Waals surface area (Å²) in [7, 11) is 1.43. The first-order valence-electron chi connectivity index (χ1n) is 7.37. The lowest BCUT2D eigenvalue weighted by Gasteiger charge is -2.12. The Bertz CT molecular complexity index is 668. The number of unbranched alkanes of at least 4 members (excludes halogenated alkanes) is 1. The van der Waals surface area contributed by atoms with E-state index in [9.17, 15) is 19.2 Å². The molecule has 2 rings (SSSR count). The molecule has 3 amide bonds. The third-order valence-corrected chi connectivity index (χ3v) is 3.55. The van der Waals surface area contributed by atoms with Gasteiger partial charge in [-0.3, -0.25) is 19.3 Å². The number of amides is 3. The van der Waals surface area contributed by atoms with Gasteiger partial charge in [-0.15, -0.1) is 0 Å². The number of carbonyl (C=O) groups excluding carboxylic acids is 4. The second kappa shape index (κ2) is 7.04. The number of esters is 1. The minimum absolute atomic E-state index is 0.131. The van der Waals surface area contributed by atoms with Crippen LogP contribution in [0.15, 0.2) is 18.2 Å². The van der Waals surface area contributed by atoms with Crippen molar-refractivity contribution in [3.05, 3.63) is 34.9 Å². The molecule has 0 radical (unpaired) electrons. The molecule has 0 bridgehead atoms. The van der Waals surface area contributed by atoms with Gasteiger partial charge in [0.15, 0.2) is 6.61 Å². The van der Waals surface area contributed by atoms with Gasteiger partial charge in [0.25, 0.3) is 17.7 Å². The number of fused-ring (bicyclic) bond motifs is 1. The van der Waals surface area contributed by atoms with Crippen LogP contribution >= 0.6 is 0 Å². The summed E-state index contributed by atoms with van der Waals surface area (Å²) in [6, 6.07) is 4.20. The number of ether oxygens (including phenoxy) is 1. The van der Waals surface area contributed by atoms with E-state index in [1.165, 1.54) is 30.1 Å². The van der Waals surface area contributed by atoms with E-state index in [-0.39, 0.29) is 22.6 Å². The molecule has 1 aliphatic heterocycles. The Morgan fingerprint density at radius 2 is 1.87 bits per heavy atom. The first kappa shape index (κ1) is 16.7. The highest BCUT2D eigenvalue weighted by molar-refractivity contribution is 6.21. The lowest BCUT2D eigenvalue weighted by molar-refractivity contribution is -0.123. The fraction of sp³-hybridized carbons (Fsp3) is 0.375. The van der Waals surface area contributed by atoms with E-state index < -0.39 is 24.4 Å². The van der Waals surface area contributed by atoms with Gasteiger partial charge in [0.1, 0.15) is 0 Å². The van der Waals surface area contributed by atoms with Gasteiger partial charge in [-0.2, -0.15) is 0 Å². The number of rotatable bonds is 6. The van der Waals surface area contributed by atoms with Crippen LogP contribution in [0.4, 0.5) is 0 Å². The molecule has 1 aromatic carbocycles. The molecule has 0 aliphatic carbocycles. The van der Waals surface area contributed by atoms with Crippen molar-refractivity contribution in [3.63, 3.8) is 0 Å². The van der Waals surface area contributed by atoms with Crippen LogP contribution in [0.25, 0.3) is 0 Å². The lowest BCUT2D eigenvalue weighted by Crippen LogP contribution is -2.30. The molecule has 7 nitrogen and oxygen atoms in total. The van der Waals surface area contributed by atoms with E-state index in [0.717, 1.165) is 12.8 Å². The van der Waals surface area contributed by atoms with Crippen molar-refractivity contribution in [2.45, 2.75) is 19.8 Å². The third-order valence-electron chi connectivity index (χ3n) is 3.55. The van der Waals surface area contributed by atoms with E-state index in [1.807, 2.05) is 6.92 Å². The van der Waals surface area contributed by atoms with E-state index in [0.29, 0.717) is 6.54 Å². The van der Waals surface area contributed by atoms with Crippen molar-refractivity contribution < 1.29 is 23.9 Å². The number of hydrogen-bond acceptors (Lipinski definition) is 5. The fourth-order valence-corrected chi connectivity index (χ4v) is 2.22. The zero-order chi connectivity index (χ0) is 17.0. The highest BCUT2D eigenvalue weighted by atomic mass is 16.5. The maximum absolute atomic E-state index is 12.3. The molecule has 23 heavy (non-hydrogen) atoms. The predicted octanol–water partition coefficient (Wildman–Crippen LogP) is 0.985. The molecule has 0 atom stereocenters. The standard InChI is InChI=1S/C16H18N2O5/c1-3-4-7-18-14(20)11-6-5-10(8-12(11)15(18)21)16(22)23-9-13(19)17-2/h5-6,8H,3-4,7,9H2,1-2H3,(H,17,19). The average Bonchev–Trinajstić information content (AvgIpc) is 2.81. The molecule has 0 saturated carbocycles. The Morgan fingerprint density at radius 3 is 2.52 bits per heavy atom. The van der Waals surface area contributed by atoms with Crippen molar-refractivity contribution in [1.29, 1.82) is 0 Å². The molecule has 0 spiro atoms. The quantitative estimate of drug-likeness (QED) is 0.623. The number of imide groups is 1. The largest absolute Gasteiger partial charge is 0.452 e. The van der Waals surface area contributed by atoms with E-state index in [2.05, 4.69) is 5.32 Å². The molecular formula is C16H18N2O5. The van der Waals surface area contributed by atoms with Crippen molar-refractivity contribution in [3.8, 4) is 0 Å². The summed E-state index contributed by atoms with van der Waals surface area (Å²) >= 11 is 0. The third kappa shape index (κ3) is 3.39. The second-order valence-electron chi connectivity index (χ2n) is 5.13. The average molecular weight is 318 g/mol. The van der Waals surface area contributed by atoms with Crippen LogP contribution in [0.1, 0.15) is 50.8 Å². The maximum atomic E-state index is 12.3. The van der Waals surface area contributed by atoms with Crippen LogP contribution in [-0.4, -0.2) is 48.8 Å². The van der Waals surface area contributed by atoms with Crippen molar-refractivity contribution in [1.82, 2.24) is 10.2 Å². The summed E-state index contributed by atoms with van der Waals surface area (Å²) in [5.41, 5.74) is 0.612. The van der Waals surface area contributed by atoms with Gasteiger partial charge in [0.05, 0.1) is 16.7 Å². The summed E-state index contributed by atoms with van der Waals surface area (Å²) in [6.07, 6.45) is 1.59. The van der Waals surface area contributed by atoms with Crippen molar-refractivity contribution in [2.24, 2.45) is 0 Å². The van der Waals surface area contributed by atoms with Crippen molar-refractivity contribution >= 4 is 23.7 Å². The van der Waals surface area contributed by atoms with Gasteiger partial charge in [-0.05, 0) is 24.6 Å². The molecule has 1 aliphatic rings.